The lowest BCUT2D eigenvalue weighted by Gasteiger charge is -2.23. The van der Waals surface area contributed by atoms with E-state index in [9.17, 15) is 30.8 Å². The number of benzene rings is 3. The van der Waals surface area contributed by atoms with E-state index in [1.165, 1.54) is 60.5 Å². The van der Waals surface area contributed by atoms with Crippen molar-refractivity contribution in [2.24, 2.45) is 0 Å². The summed E-state index contributed by atoms with van der Waals surface area (Å²) in [6.45, 7) is 0.637. The lowest BCUT2D eigenvalue weighted by molar-refractivity contribution is -0.137. The number of halogens is 4. The van der Waals surface area contributed by atoms with Crippen LogP contribution in [0.1, 0.15) is 21.5 Å². The SMILES string of the molecule is COCCN(Cc1ccc(OS(=O)(=O)c2cccc(C(F)(F)F)c2)cc1)C(=O)c1ccc(F)cc1. The number of methoxy groups -OCH3 is 1. The van der Waals surface area contributed by atoms with Crippen molar-refractivity contribution in [3.63, 3.8) is 0 Å². The van der Waals surface area contributed by atoms with Crippen LogP contribution < -0.4 is 4.18 Å². The zero-order valence-electron chi connectivity index (χ0n) is 18.5. The van der Waals surface area contributed by atoms with Gasteiger partial charge in [-0.3, -0.25) is 4.79 Å². The number of ether oxygens (including phenoxy) is 1. The summed E-state index contributed by atoms with van der Waals surface area (Å²) in [4.78, 5) is 13.7. The van der Waals surface area contributed by atoms with Gasteiger partial charge in [0.15, 0.2) is 0 Å². The highest BCUT2D eigenvalue weighted by Gasteiger charge is 2.32. The van der Waals surface area contributed by atoms with E-state index < -0.39 is 32.6 Å². The Morgan fingerprint density at radius 1 is 0.971 bits per heavy atom. The molecule has 0 saturated carbocycles. The maximum atomic E-state index is 13.2. The Morgan fingerprint density at radius 2 is 1.63 bits per heavy atom. The highest BCUT2D eigenvalue weighted by molar-refractivity contribution is 7.87. The molecular weight excluding hydrogens is 490 g/mol. The van der Waals surface area contributed by atoms with E-state index in [-0.39, 0.29) is 36.9 Å². The maximum Gasteiger partial charge on any atom is 0.416 e. The molecule has 3 rings (SSSR count). The third kappa shape index (κ3) is 7.03. The van der Waals surface area contributed by atoms with Crippen LogP contribution >= 0.6 is 0 Å². The standard InChI is InChI=1S/C24H21F4NO5S/c1-33-14-13-29(23(30)18-7-9-20(25)10-8-18)16-17-5-11-21(12-6-17)34-35(31,32)22-4-2-3-19(15-22)24(26,27)28/h2-12,15H,13-14,16H2,1H3. The Morgan fingerprint density at radius 3 is 2.23 bits per heavy atom. The van der Waals surface area contributed by atoms with Gasteiger partial charge < -0.3 is 13.8 Å². The Hall–Kier alpha value is -3.44. The molecule has 0 bridgehead atoms. The molecule has 3 aromatic carbocycles. The van der Waals surface area contributed by atoms with Gasteiger partial charge in [0, 0.05) is 25.8 Å². The molecule has 0 saturated heterocycles. The fraction of sp³-hybridized carbons (Fsp3) is 0.208. The van der Waals surface area contributed by atoms with Crippen molar-refractivity contribution in [3.8, 4) is 5.75 Å². The first-order valence-corrected chi connectivity index (χ1v) is 11.6. The monoisotopic (exact) mass is 511 g/mol. The van der Waals surface area contributed by atoms with Crippen LogP contribution in [0.15, 0.2) is 77.7 Å². The Kier molecular flexibility index (Phi) is 8.13. The molecule has 3 aromatic rings. The molecule has 0 unspecified atom stereocenters. The summed E-state index contributed by atoms with van der Waals surface area (Å²) in [5.74, 6) is -0.936. The van der Waals surface area contributed by atoms with Gasteiger partial charge in [-0.25, -0.2) is 4.39 Å². The maximum absolute atomic E-state index is 13.2. The van der Waals surface area contributed by atoms with Gasteiger partial charge in [-0.2, -0.15) is 21.6 Å². The first-order chi connectivity index (χ1) is 16.5. The van der Waals surface area contributed by atoms with Gasteiger partial charge in [-0.05, 0) is 60.2 Å². The smallest absolute Gasteiger partial charge is 0.383 e. The first-order valence-electron chi connectivity index (χ1n) is 10.2. The molecule has 0 aliphatic rings. The third-order valence-electron chi connectivity index (χ3n) is 4.90. The van der Waals surface area contributed by atoms with Gasteiger partial charge in [0.2, 0.25) is 0 Å². The molecule has 6 nitrogen and oxygen atoms in total. The molecular formula is C24H21F4NO5S. The van der Waals surface area contributed by atoms with Crippen molar-refractivity contribution >= 4 is 16.0 Å². The normalized spacial score (nSPS) is 11.8. The van der Waals surface area contributed by atoms with Crippen LogP contribution in [-0.4, -0.2) is 39.5 Å². The molecule has 0 spiro atoms. The lowest BCUT2D eigenvalue weighted by Crippen LogP contribution is -2.33. The van der Waals surface area contributed by atoms with Crippen LogP contribution in [0.2, 0.25) is 0 Å². The van der Waals surface area contributed by atoms with E-state index in [2.05, 4.69) is 0 Å². The molecule has 1 amide bonds. The van der Waals surface area contributed by atoms with Crippen molar-refractivity contribution in [1.82, 2.24) is 4.90 Å². The van der Waals surface area contributed by atoms with Crippen LogP contribution in [0.4, 0.5) is 17.6 Å². The van der Waals surface area contributed by atoms with Gasteiger partial charge in [-0.15, -0.1) is 0 Å². The van der Waals surface area contributed by atoms with E-state index >= 15 is 0 Å². The zero-order chi connectivity index (χ0) is 25.6. The number of carbonyl (C=O) groups is 1. The van der Waals surface area contributed by atoms with Gasteiger partial charge in [0.1, 0.15) is 16.5 Å². The van der Waals surface area contributed by atoms with Crippen molar-refractivity contribution < 1.29 is 39.7 Å². The number of carbonyl (C=O) groups excluding carboxylic acids is 1. The van der Waals surface area contributed by atoms with Crippen LogP contribution in [0.3, 0.4) is 0 Å². The van der Waals surface area contributed by atoms with E-state index in [1.807, 2.05) is 0 Å². The van der Waals surface area contributed by atoms with E-state index in [0.29, 0.717) is 11.6 Å². The van der Waals surface area contributed by atoms with Crippen molar-refractivity contribution in [1.29, 1.82) is 0 Å². The molecule has 0 heterocycles. The minimum absolute atomic E-state index is 0.112. The average molecular weight is 511 g/mol. The predicted octanol–water partition coefficient (Wildman–Crippen LogP) is 4.90. The Balaban J connectivity index is 1.74. The van der Waals surface area contributed by atoms with E-state index in [4.69, 9.17) is 8.92 Å². The predicted molar refractivity (Wildman–Crippen MR) is 119 cm³/mol. The van der Waals surface area contributed by atoms with Crippen molar-refractivity contribution in [3.05, 3.63) is 95.3 Å². The fourth-order valence-electron chi connectivity index (χ4n) is 3.10. The number of amides is 1. The van der Waals surface area contributed by atoms with E-state index in [0.717, 1.165) is 18.2 Å². The summed E-state index contributed by atoms with van der Waals surface area (Å²) in [5.41, 5.74) is -0.200. The highest BCUT2D eigenvalue weighted by atomic mass is 32.2. The molecule has 0 fully saturated rings. The van der Waals surface area contributed by atoms with Gasteiger partial charge in [-0.1, -0.05) is 18.2 Å². The molecule has 11 heteroatoms. The summed E-state index contributed by atoms with van der Waals surface area (Å²) in [6.07, 6.45) is -4.70. The van der Waals surface area contributed by atoms with E-state index in [1.54, 1.807) is 0 Å². The fourth-order valence-corrected chi connectivity index (χ4v) is 4.08. The van der Waals surface area contributed by atoms with Crippen LogP contribution in [-0.2, 0) is 27.6 Å². The van der Waals surface area contributed by atoms with Gasteiger partial charge in [0.05, 0.1) is 12.2 Å². The molecule has 0 radical (unpaired) electrons. The zero-order valence-corrected chi connectivity index (χ0v) is 19.3. The second kappa shape index (κ2) is 10.9. The molecule has 0 aliphatic heterocycles. The molecule has 186 valence electrons. The topological polar surface area (TPSA) is 72.9 Å². The van der Waals surface area contributed by atoms with Crippen LogP contribution in [0.25, 0.3) is 0 Å². The third-order valence-corrected chi connectivity index (χ3v) is 6.14. The van der Waals surface area contributed by atoms with Gasteiger partial charge >= 0.3 is 16.3 Å². The molecule has 0 aromatic heterocycles. The number of rotatable bonds is 9. The number of nitrogens with zero attached hydrogens (tertiary/aromatic N) is 1. The summed E-state index contributed by atoms with van der Waals surface area (Å²) >= 11 is 0. The molecule has 0 N–H and O–H groups in total. The number of hydrogen-bond donors (Lipinski definition) is 0. The number of hydrogen-bond acceptors (Lipinski definition) is 5. The minimum atomic E-state index is -4.70. The van der Waals surface area contributed by atoms with Crippen molar-refractivity contribution in [2.45, 2.75) is 17.6 Å². The largest absolute Gasteiger partial charge is 0.416 e. The van der Waals surface area contributed by atoms with Crippen molar-refractivity contribution in [2.75, 3.05) is 20.3 Å². The second-order valence-electron chi connectivity index (χ2n) is 7.43. The summed E-state index contributed by atoms with van der Waals surface area (Å²) < 4.78 is 86.8. The molecule has 0 atom stereocenters. The second-order valence-corrected chi connectivity index (χ2v) is 8.98. The lowest BCUT2D eigenvalue weighted by atomic mass is 10.1. The Labute approximate surface area is 199 Å². The summed E-state index contributed by atoms with van der Waals surface area (Å²) in [5, 5.41) is 0. The quantitative estimate of drug-likeness (QED) is 0.302. The highest BCUT2D eigenvalue weighted by Crippen LogP contribution is 2.31. The Bertz CT molecular complexity index is 1260. The summed E-state index contributed by atoms with van der Waals surface area (Å²) in [7, 11) is -3.03. The minimum Gasteiger partial charge on any atom is -0.383 e. The van der Waals surface area contributed by atoms with Crippen LogP contribution in [0, 0.1) is 5.82 Å². The average Bonchev–Trinajstić information content (AvgIpc) is 2.82. The molecule has 0 aliphatic carbocycles. The van der Waals surface area contributed by atoms with Gasteiger partial charge in [0.25, 0.3) is 5.91 Å². The molecule has 35 heavy (non-hydrogen) atoms. The first kappa shape index (κ1) is 26.2. The summed E-state index contributed by atoms with van der Waals surface area (Å²) in [6, 6.07) is 14.0. The van der Waals surface area contributed by atoms with Crippen LogP contribution in [0.5, 0.6) is 5.75 Å². The number of alkyl halides is 3.